The Balaban J connectivity index is 1.63. The molecule has 166 valence electrons. The van der Waals surface area contributed by atoms with Crippen LogP contribution in [0.25, 0.3) is 0 Å². The summed E-state index contributed by atoms with van der Waals surface area (Å²) in [5.74, 6) is 2.28. The molecule has 0 aliphatic carbocycles. The molecule has 1 amide bonds. The topological polar surface area (TPSA) is 65.8 Å². The van der Waals surface area contributed by atoms with Crippen LogP contribution in [0.1, 0.15) is 43.2 Å². The second kappa shape index (κ2) is 9.17. The second-order valence-corrected chi connectivity index (χ2v) is 9.16. The highest BCUT2D eigenvalue weighted by atomic mass is 32.2. The fraction of sp³-hybridized carbons (Fsp3) is 0.360. The van der Waals surface area contributed by atoms with Crippen LogP contribution in [-0.2, 0) is 4.79 Å². The molecule has 0 unspecified atom stereocenters. The summed E-state index contributed by atoms with van der Waals surface area (Å²) >= 11 is 1.52. The van der Waals surface area contributed by atoms with Crippen LogP contribution in [-0.4, -0.2) is 37.6 Å². The van der Waals surface area contributed by atoms with E-state index in [4.69, 9.17) is 9.47 Å². The lowest BCUT2D eigenvalue weighted by molar-refractivity contribution is -0.129. The third kappa shape index (κ3) is 4.03. The van der Waals surface area contributed by atoms with Crippen LogP contribution < -0.4 is 14.4 Å². The van der Waals surface area contributed by atoms with Gasteiger partial charge >= 0.3 is 0 Å². The average Bonchev–Trinajstić information content (AvgIpc) is 2.83. The predicted molar refractivity (Wildman–Crippen MR) is 127 cm³/mol. The average molecular weight is 450 g/mol. The number of thioether (sulfide) groups is 1. The SMILES string of the molecule is COc1ccc(N2CSC3=C(C#N)[C@@H](c4ccc(C(C)C)cc4)CC(=O)N3C2)c(OC)c1. The maximum atomic E-state index is 13.2. The van der Waals surface area contributed by atoms with Crippen molar-refractivity contribution in [2.24, 2.45) is 0 Å². The Bertz CT molecular complexity index is 1090. The summed E-state index contributed by atoms with van der Waals surface area (Å²) < 4.78 is 10.8. The zero-order valence-electron chi connectivity index (χ0n) is 18.8. The molecule has 1 saturated heterocycles. The molecule has 7 heteroatoms. The zero-order chi connectivity index (χ0) is 22.8. The quantitative estimate of drug-likeness (QED) is 0.637. The van der Waals surface area contributed by atoms with Gasteiger partial charge in [0.1, 0.15) is 11.5 Å². The number of ether oxygens (including phenoxy) is 2. The van der Waals surface area contributed by atoms with Crippen molar-refractivity contribution in [3.63, 3.8) is 0 Å². The molecule has 2 aliphatic rings. The van der Waals surface area contributed by atoms with Gasteiger partial charge in [0.15, 0.2) is 0 Å². The fourth-order valence-electron chi connectivity index (χ4n) is 4.16. The first-order chi connectivity index (χ1) is 15.5. The van der Waals surface area contributed by atoms with Crippen LogP contribution in [0.4, 0.5) is 5.69 Å². The first kappa shape index (κ1) is 22.1. The molecule has 0 bridgehead atoms. The highest BCUT2D eigenvalue weighted by Crippen LogP contribution is 2.44. The van der Waals surface area contributed by atoms with Gasteiger partial charge in [-0.25, -0.2) is 0 Å². The summed E-state index contributed by atoms with van der Waals surface area (Å²) in [5, 5.41) is 10.8. The number of carbonyl (C=O) groups is 1. The van der Waals surface area contributed by atoms with Crippen molar-refractivity contribution in [3.05, 3.63) is 64.2 Å². The molecule has 0 aromatic heterocycles. The van der Waals surface area contributed by atoms with Crippen LogP contribution in [0.2, 0.25) is 0 Å². The van der Waals surface area contributed by atoms with E-state index in [9.17, 15) is 10.1 Å². The lowest BCUT2D eigenvalue weighted by atomic mass is 9.85. The summed E-state index contributed by atoms with van der Waals surface area (Å²) in [4.78, 5) is 17.0. The highest BCUT2D eigenvalue weighted by Gasteiger charge is 2.38. The molecule has 0 spiro atoms. The Kier molecular flexibility index (Phi) is 6.33. The maximum absolute atomic E-state index is 13.2. The number of carbonyl (C=O) groups excluding carboxylic acids is 1. The number of benzene rings is 2. The summed E-state index contributed by atoms with van der Waals surface area (Å²) in [5.41, 5.74) is 3.83. The van der Waals surface area contributed by atoms with Crippen molar-refractivity contribution in [2.45, 2.75) is 32.1 Å². The van der Waals surface area contributed by atoms with Crippen LogP contribution >= 0.6 is 11.8 Å². The normalized spacial score (nSPS) is 18.5. The van der Waals surface area contributed by atoms with Crippen molar-refractivity contribution >= 4 is 23.4 Å². The summed E-state index contributed by atoms with van der Waals surface area (Å²) in [6.45, 7) is 4.69. The highest BCUT2D eigenvalue weighted by molar-refractivity contribution is 8.03. The van der Waals surface area contributed by atoms with Gasteiger partial charge in [-0.2, -0.15) is 5.26 Å². The minimum absolute atomic E-state index is 0.0293. The number of anilines is 1. The monoisotopic (exact) mass is 449 g/mol. The molecule has 1 fully saturated rings. The van der Waals surface area contributed by atoms with E-state index in [1.807, 2.05) is 18.2 Å². The lowest BCUT2D eigenvalue weighted by Gasteiger charge is -2.42. The number of amides is 1. The molecule has 0 radical (unpaired) electrons. The zero-order valence-corrected chi connectivity index (χ0v) is 19.6. The van der Waals surface area contributed by atoms with E-state index in [1.54, 1.807) is 19.1 Å². The molecule has 2 aliphatic heterocycles. The molecule has 32 heavy (non-hydrogen) atoms. The minimum atomic E-state index is -0.200. The van der Waals surface area contributed by atoms with Gasteiger partial charge < -0.3 is 14.4 Å². The molecular formula is C25H27N3O3S. The Morgan fingerprint density at radius 3 is 2.50 bits per heavy atom. The van der Waals surface area contributed by atoms with Crippen LogP contribution in [0.3, 0.4) is 0 Å². The van der Waals surface area contributed by atoms with E-state index in [-0.39, 0.29) is 11.8 Å². The Morgan fingerprint density at radius 1 is 1.12 bits per heavy atom. The number of rotatable bonds is 5. The molecule has 6 nitrogen and oxygen atoms in total. The molecule has 1 atom stereocenters. The first-order valence-corrected chi connectivity index (χ1v) is 11.6. The van der Waals surface area contributed by atoms with Crippen molar-refractivity contribution in [2.75, 3.05) is 31.7 Å². The third-order valence-electron chi connectivity index (χ3n) is 6.03. The van der Waals surface area contributed by atoms with Crippen LogP contribution in [0, 0.1) is 11.3 Å². The van der Waals surface area contributed by atoms with Gasteiger partial charge in [0.05, 0.1) is 49.1 Å². The molecule has 4 rings (SSSR count). The van der Waals surface area contributed by atoms with Gasteiger partial charge in [-0.05, 0) is 29.2 Å². The first-order valence-electron chi connectivity index (χ1n) is 10.6. The molecular weight excluding hydrogens is 422 g/mol. The Labute approximate surface area is 193 Å². The van der Waals surface area contributed by atoms with E-state index >= 15 is 0 Å². The fourth-order valence-corrected chi connectivity index (χ4v) is 5.32. The molecule has 2 aromatic carbocycles. The van der Waals surface area contributed by atoms with Crippen molar-refractivity contribution in [3.8, 4) is 17.6 Å². The Hall–Kier alpha value is -3.11. The van der Waals surface area contributed by atoms with E-state index < -0.39 is 0 Å². The number of methoxy groups -OCH3 is 2. The van der Waals surface area contributed by atoms with Crippen molar-refractivity contribution in [1.82, 2.24) is 4.90 Å². The smallest absolute Gasteiger partial charge is 0.229 e. The molecule has 2 heterocycles. The van der Waals surface area contributed by atoms with Gasteiger partial charge in [0.2, 0.25) is 5.91 Å². The van der Waals surface area contributed by atoms with Crippen LogP contribution in [0.5, 0.6) is 11.5 Å². The number of fused-ring (bicyclic) bond motifs is 1. The van der Waals surface area contributed by atoms with E-state index in [0.717, 1.165) is 16.3 Å². The predicted octanol–water partition coefficient (Wildman–Crippen LogP) is 5.05. The van der Waals surface area contributed by atoms with E-state index in [0.29, 0.717) is 42.0 Å². The van der Waals surface area contributed by atoms with E-state index in [1.165, 1.54) is 17.3 Å². The summed E-state index contributed by atoms with van der Waals surface area (Å²) in [7, 11) is 3.24. The Morgan fingerprint density at radius 2 is 1.88 bits per heavy atom. The number of nitriles is 1. The largest absolute Gasteiger partial charge is 0.497 e. The van der Waals surface area contributed by atoms with Crippen LogP contribution in [0.15, 0.2) is 53.1 Å². The standard InChI is InChI=1S/C25H27N3O3S/c1-16(2)17-5-7-18(8-6-17)20-12-24(29)28-14-27(15-32-25(28)21(20)13-26)22-10-9-19(30-3)11-23(22)31-4/h5-11,16,20H,12,14-15H2,1-4H3/t20-/m1/s1. The lowest BCUT2D eigenvalue weighted by Crippen LogP contribution is -2.47. The molecule has 0 saturated carbocycles. The van der Waals surface area contributed by atoms with Gasteiger partial charge in [0.25, 0.3) is 0 Å². The van der Waals surface area contributed by atoms with Crippen molar-refractivity contribution in [1.29, 1.82) is 5.26 Å². The number of hydrogen-bond acceptors (Lipinski definition) is 6. The van der Waals surface area contributed by atoms with Gasteiger partial charge in [-0.15, -0.1) is 0 Å². The van der Waals surface area contributed by atoms with Gasteiger partial charge in [-0.3, -0.25) is 9.69 Å². The summed E-state index contributed by atoms with van der Waals surface area (Å²) in [6, 6.07) is 16.4. The molecule has 2 aromatic rings. The maximum Gasteiger partial charge on any atom is 0.229 e. The third-order valence-corrected chi connectivity index (χ3v) is 7.18. The number of allylic oxidation sites excluding steroid dienone is 1. The number of nitrogens with zero attached hydrogens (tertiary/aromatic N) is 3. The molecule has 0 N–H and O–H groups in total. The summed E-state index contributed by atoms with van der Waals surface area (Å²) in [6.07, 6.45) is 0.293. The second-order valence-electron chi connectivity index (χ2n) is 8.22. The minimum Gasteiger partial charge on any atom is -0.497 e. The van der Waals surface area contributed by atoms with E-state index in [2.05, 4.69) is 49.1 Å². The van der Waals surface area contributed by atoms with Gasteiger partial charge in [0, 0.05) is 18.4 Å². The number of hydrogen-bond donors (Lipinski definition) is 0. The van der Waals surface area contributed by atoms with Crippen molar-refractivity contribution < 1.29 is 14.3 Å². The van der Waals surface area contributed by atoms with Gasteiger partial charge in [-0.1, -0.05) is 49.9 Å².